The maximum absolute atomic E-state index is 11.7. The predicted molar refractivity (Wildman–Crippen MR) is 82.1 cm³/mol. The maximum atomic E-state index is 11.7. The van der Waals surface area contributed by atoms with Gasteiger partial charge in [-0.1, -0.05) is 12.1 Å². The highest BCUT2D eigenvalue weighted by atomic mass is 32.1. The molecule has 0 atom stereocenters. The van der Waals surface area contributed by atoms with Crippen molar-refractivity contribution in [2.75, 3.05) is 20.3 Å². The second-order valence-electron chi connectivity index (χ2n) is 4.40. The number of carbonyl (C=O) groups is 1. The summed E-state index contributed by atoms with van der Waals surface area (Å²) in [6.45, 7) is 2.53. The number of aryl methyl sites for hydroxylation is 1. The molecule has 112 valence electrons. The number of hydrogen-bond donors (Lipinski definition) is 1. The second kappa shape index (κ2) is 7.64. The lowest BCUT2D eigenvalue weighted by atomic mass is 10.3. The van der Waals surface area contributed by atoms with E-state index in [0.717, 1.165) is 12.1 Å². The standard InChI is InChI=1S/C15H18N2O3S/c1-11-14(21-10-17-11)7-8-16-15(18)9-20-13-6-4-3-5-12(13)19-2/h3-6,10H,7-9H2,1-2H3,(H,16,18). The molecule has 0 aliphatic carbocycles. The molecule has 1 amide bonds. The fraction of sp³-hybridized carbons (Fsp3) is 0.333. The molecule has 21 heavy (non-hydrogen) atoms. The Balaban J connectivity index is 1.74. The van der Waals surface area contributed by atoms with Gasteiger partial charge in [-0.25, -0.2) is 4.98 Å². The zero-order valence-electron chi connectivity index (χ0n) is 12.1. The molecule has 1 aromatic carbocycles. The van der Waals surface area contributed by atoms with Gasteiger partial charge in [0.25, 0.3) is 5.91 Å². The van der Waals surface area contributed by atoms with E-state index in [0.29, 0.717) is 18.0 Å². The van der Waals surface area contributed by atoms with E-state index in [9.17, 15) is 4.79 Å². The van der Waals surface area contributed by atoms with Crippen molar-refractivity contribution in [2.45, 2.75) is 13.3 Å². The Morgan fingerprint density at radius 2 is 2.10 bits per heavy atom. The third kappa shape index (κ3) is 4.46. The monoisotopic (exact) mass is 306 g/mol. The van der Waals surface area contributed by atoms with E-state index in [1.165, 1.54) is 4.88 Å². The van der Waals surface area contributed by atoms with Crippen LogP contribution in [0.4, 0.5) is 0 Å². The van der Waals surface area contributed by atoms with Gasteiger partial charge in [-0.05, 0) is 19.1 Å². The quantitative estimate of drug-likeness (QED) is 0.852. The number of nitrogens with one attached hydrogen (secondary N) is 1. The first-order valence-electron chi connectivity index (χ1n) is 6.62. The second-order valence-corrected chi connectivity index (χ2v) is 5.34. The molecule has 1 N–H and O–H groups in total. The van der Waals surface area contributed by atoms with Crippen molar-refractivity contribution in [1.29, 1.82) is 0 Å². The number of carbonyl (C=O) groups excluding carboxylic acids is 1. The number of nitrogens with zero attached hydrogens (tertiary/aromatic N) is 1. The Kier molecular flexibility index (Phi) is 5.57. The van der Waals surface area contributed by atoms with Gasteiger partial charge >= 0.3 is 0 Å². The van der Waals surface area contributed by atoms with Crippen LogP contribution in [0, 0.1) is 6.92 Å². The number of thiazole rings is 1. The number of para-hydroxylation sites is 2. The van der Waals surface area contributed by atoms with Crippen LogP contribution < -0.4 is 14.8 Å². The van der Waals surface area contributed by atoms with Crippen LogP contribution in [0.25, 0.3) is 0 Å². The van der Waals surface area contributed by atoms with Crippen LogP contribution in [-0.4, -0.2) is 31.2 Å². The van der Waals surface area contributed by atoms with Crippen molar-refractivity contribution in [1.82, 2.24) is 10.3 Å². The maximum Gasteiger partial charge on any atom is 0.257 e. The summed E-state index contributed by atoms with van der Waals surface area (Å²) in [7, 11) is 1.57. The van der Waals surface area contributed by atoms with Crippen LogP contribution >= 0.6 is 11.3 Å². The average molecular weight is 306 g/mol. The van der Waals surface area contributed by atoms with Crippen molar-refractivity contribution in [2.24, 2.45) is 0 Å². The molecule has 6 heteroatoms. The van der Waals surface area contributed by atoms with E-state index in [4.69, 9.17) is 9.47 Å². The van der Waals surface area contributed by atoms with Gasteiger partial charge in [-0.15, -0.1) is 11.3 Å². The molecule has 2 aromatic rings. The normalized spacial score (nSPS) is 10.2. The minimum Gasteiger partial charge on any atom is -0.493 e. The zero-order chi connectivity index (χ0) is 15.1. The summed E-state index contributed by atoms with van der Waals surface area (Å²) in [5, 5.41) is 2.83. The molecule has 2 rings (SSSR count). The van der Waals surface area contributed by atoms with Crippen LogP contribution in [0.1, 0.15) is 10.6 Å². The third-order valence-corrected chi connectivity index (χ3v) is 3.94. The summed E-state index contributed by atoms with van der Waals surface area (Å²) in [4.78, 5) is 17.1. The number of amides is 1. The van der Waals surface area contributed by atoms with E-state index in [2.05, 4.69) is 10.3 Å². The molecule has 0 saturated heterocycles. The average Bonchev–Trinajstić information content (AvgIpc) is 2.91. The molecule has 0 fully saturated rings. The molecule has 0 saturated carbocycles. The fourth-order valence-electron chi connectivity index (χ4n) is 1.81. The van der Waals surface area contributed by atoms with Crippen molar-refractivity contribution in [3.8, 4) is 11.5 Å². The first-order chi connectivity index (χ1) is 10.2. The Bertz CT molecular complexity index is 598. The third-order valence-electron chi connectivity index (χ3n) is 2.95. The van der Waals surface area contributed by atoms with E-state index in [1.807, 2.05) is 24.6 Å². The summed E-state index contributed by atoms with van der Waals surface area (Å²) >= 11 is 1.61. The van der Waals surface area contributed by atoms with E-state index in [1.54, 1.807) is 30.6 Å². The number of ether oxygens (including phenoxy) is 2. The molecular weight excluding hydrogens is 288 g/mol. The predicted octanol–water partition coefficient (Wildman–Crippen LogP) is 2.20. The highest BCUT2D eigenvalue weighted by Crippen LogP contribution is 2.25. The molecule has 5 nitrogen and oxygen atoms in total. The summed E-state index contributed by atoms with van der Waals surface area (Å²) in [5.74, 6) is 1.03. The molecular formula is C15H18N2O3S. The minimum absolute atomic E-state index is 0.0257. The van der Waals surface area contributed by atoms with Crippen LogP contribution in [-0.2, 0) is 11.2 Å². The van der Waals surface area contributed by atoms with Gasteiger partial charge in [0.1, 0.15) is 0 Å². The van der Waals surface area contributed by atoms with Crippen molar-refractivity contribution in [3.63, 3.8) is 0 Å². The molecule has 0 radical (unpaired) electrons. The first kappa shape index (κ1) is 15.3. The molecule has 0 bridgehead atoms. The number of aromatic nitrogens is 1. The SMILES string of the molecule is COc1ccccc1OCC(=O)NCCc1scnc1C. The minimum atomic E-state index is -0.150. The number of hydrogen-bond acceptors (Lipinski definition) is 5. The topological polar surface area (TPSA) is 60.5 Å². The first-order valence-corrected chi connectivity index (χ1v) is 7.50. The zero-order valence-corrected chi connectivity index (χ0v) is 12.9. The Hall–Kier alpha value is -2.08. The highest BCUT2D eigenvalue weighted by molar-refractivity contribution is 7.09. The van der Waals surface area contributed by atoms with Crippen molar-refractivity contribution in [3.05, 3.63) is 40.3 Å². The van der Waals surface area contributed by atoms with Crippen LogP contribution in [0.15, 0.2) is 29.8 Å². The Morgan fingerprint density at radius 3 is 2.76 bits per heavy atom. The lowest BCUT2D eigenvalue weighted by Crippen LogP contribution is -2.30. The smallest absolute Gasteiger partial charge is 0.257 e. The van der Waals surface area contributed by atoms with E-state index in [-0.39, 0.29) is 12.5 Å². The fourth-order valence-corrected chi connectivity index (χ4v) is 2.60. The Labute approximate surface area is 127 Å². The molecule has 0 unspecified atom stereocenters. The highest BCUT2D eigenvalue weighted by Gasteiger charge is 2.07. The summed E-state index contributed by atoms with van der Waals surface area (Å²) in [6.07, 6.45) is 0.789. The molecule has 0 aliphatic rings. The Morgan fingerprint density at radius 1 is 1.33 bits per heavy atom. The van der Waals surface area contributed by atoms with E-state index < -0.39 is 0 Å². The van der Waals surface area contributed by atoms with Gasteiger partial charge in [0.15, 0.2) is 18.1 Å². The molecule has 1 heterocycles. The van der Waals surface area contributed by atoms with Crippen LogP contribution in [0.2, 0.25) is 0 Å². The van der Waals surface area contributed by atoms with Gasteiger partial charge in [0, 0.05) is 17.8 Å². The van der Waals surface area contributed by atoms with Gasteiger partial charge in [0.05, 0.1) is 18.3 Å². The van der Waals surface area contributed by atoms with Crippen LogP contribution in [0.3, 0.4) is 0 Å². The number of methoxy groups -OCH3 is 1. The summed E-state index contributed by atoms with van der Waals surface area (Å²) < 4.78 is 10.6. The van der Waals surface area contributed by atoms with Gasteiger partial charge in [-0.3, -0.25) is 4.79 Å². The molecule has 0 aliphatic heterocycles. The van der Waals surface area contributed by atoms with Gasteiger partial charge in [0.2, 0.25) is 0 Å². The largest absolute Gasteiger partial charge is 0.493 e. The van der Waals surface area contributed by atoms with Crippen molar-refractivity contribution < 1.29 is 14.3 Å². The number of rotatable bonds is 7. The molecule has 0 spiro atoms. The molecule has 1 aromatic heterocycles. The summed E-state index contributed by atoms with van der Waals surface area (Å²) in [6, 6.07) is 7.25. The number of benzene rings is 1. The van der Waals surface area contributed by atoms with Gasteiger partial charge in [-0.2, -0.15) is 0 Å². The van der Waals surface area contributed by atoms with Crippen LogP contribution in [0.5, 0.6) is 11.5 Å². The summed E-state index contributed by atoms with van der Waals surface area (Å²) in [5.41, 5.74) is 2.84. The lowest BCUT2D eigenvalue weighted by molar-refractivity contribution is -0.123. The lowest BCUT2D eigenvalue weighted by Gasteiger charge is -2.10. The van der Waals surface area contributed by atoms with E-state index >= 15 is 0 Å². The van der Waals surface area contributed by atoms with Crippen molar-refractivity contribution >= 4 is 17.2 Å². The van der Waals surface area contributed by atoms with Gasteiger partial charge < -0.3 is 14.8 Å².